The highest BCUT2D eigenvalue weighted by Crippen LogP contribution is 2.19. The lowest BCUT2D eigenvalue weighted by Gasteiger charge is -2.08. The lowest BCUT2D eigenvalue weighted by Crippen LogP contribution is -2.03. The van der Waals surface area contributed by atoms with Crippen molar-refractivity contribution in [3.05, 3.63) is 59.2 Å². The van der Waals surface area contributed by atoms with Crippen molar-refractivity contribution >= 4 is 5.97 Å². The van der Waals surface area contributed by atoms with E-state index in [-0.39, 0.29) is 18.1 Å². The molecule has 19 heavy (non-hydrogen) atoms. The highest BCUT2D eigenvalue weighted by Gasteiger charge is 2.07. The molecule has 0 spiro atoms. The Morgan fingerprint density at radius 3 is 2.89 bits per heavy atom. The summed E-state index contributed by atoms with van der Waals surface area (Å²) in [5, 5.41) is 8.81. The second-order valence-electron chi connectivity index (χ2n) is 4.08. The van der Waals surface area contributed by atoms with Crippen LogP contribution in [0.5, 0.6) is 5.75 Å². The summed E-state index contributed by atoms with van der Waals surface area (Å²) in [5.41, 5.74) is 1.44. The van der Waals surface area contributed by atoms with Crippen molar-refractivity contribution in [1.29, 1.82) is 0 Å². The Kier molecular flexibility index (Phi) is 3.75. The number of carboxylic acid groups (broad SMARTS) is 1. The Bertz CT molecular complexity index is 613. The van der Waals surface area contributed by atoms with Gasteiger partial charge in [-0.25, -0.2) is 14.2 Å². The van der Waals surface area contributed by atoms with Crippen LogP contribution in [0.4, 0.5) is 4.39 Å². The predicted octanol–water partition coefficient (Wildman–Crippen LogP) is 2.81. The van der Waals surface area contributed by atoms with Crippen molar-refractivity contribution in [2.75, 3.05) is 0 Å². The molecule has 0 saturated carbocycles. The summed E-state index contributed by atoms with van der Waals surface area (Å²) in [6.45, 7) is 1.92. The van der Waals surface area contributed by atoms with Gasteiger partial charge in [-0.1, -0.05) is 6.07 Å². The third-order valence-corrected chi connectivity index (χ3v) is 2.52. The molecule has 0 bridgehead atoms. The van der Waals surface area contributed by atoms with Crippen molar-refractivity contribution < 1.29 is 19.0 Å². The van der Waals surface area contributed by atoms with Crippen LogP contribution in [0.2, 0.25) is 0 Å². The quantitative estimate of drug-likeness (QED) is 0.919. The number of aromatic carboxylic acids is 1. The lowest BCUT2D eigenvalue weighted by molar-refractivity contribution is 0.0690. The molecule has 2 aromatic rings. The molecule has 1 N–H and O–H groups in total. The van der Waals surface area contributed by atoms with E-state index < -0.39 is 11.8 Å². The van der Waals surface area contributed by atoms with E-state index in [1.54, 1.807) is 18.2 Å². The number of aromatic nitrogens is 1. The number of aryl methyl sites for hydroxylation is 1. The summed E-state index contributed by atoms with van der Waals surface area (Å²) in [5.74, 6) is -1.41. The van der Waals surface area contributed by atoms with Gasteiger partial charge in [-0.15, -0.1) is 0 Å². The molecule has 0 aliphatic carbocycles. The van der Waals surface area contributed by atoms with Gasteiger partial charge in [-0.2, -0.15) is 0 Å². The van der Waals surface area contributed by atoms with Crippen molar-refractivity contribution in [2.45, 2.75) is 13.5 Å². The van der Waals surface area contributed by atoms with Crippen molar-refractivity contribution in [2.24, 2.45) is 0 Å². The van der Waals surface area contributed by atoms with E-state index >= 15 is 0 Å². The molecule has 4 nitrogen and oxygen atoms in total. The van der Waals surface area contributed by atoms with Crippen LogP contribution in [0, 0.1) is 12.7 Å². The van der Waals surface area contributed by atoms with Gasteiger partial charge in [0.1, 0.15) is 12.3 Å². The molecule has 0 amide bonds. The minimum Gasteiger partial charge on any atom is -0.486 e. The van der Waals surface area contributed by atoms with Gasteiger partial charge in [0, 0.05) is 6.20 Å². The summed E-state index contributed by atoms with van der Waals surface area (Å²) in [4.78, 5) is 14.5. The zero-order valence-corrected chi connectivity index (χ0v) is 10.3. The van der Waals surface area contributed by atoms with Crippen LogP contribution in [0.15, 0.2) is 36.5 Å². The number of carbonyl (C=O) groups is 1. The number of rotatable bonds is 4. The third-order valence-electron chi connectivity index (χ3n) is 2.52. The predicted molar refractivity (Wildman–Crippen MR) is 66.7 cm³/mol. The number of carboxylic acids is 1. The molecule has 1 aromatic heterocycles. The number of ether oxygens (including phenoxy) is 1. The summed E-state index contributed by atoms with van der Waals surface area (Å²) >= 11 is 0. The van der Waals surface area contributed by atoms with Gasteiger partial charge in [-0.05, 0) is 42.3 Å². The molecule has 0 aliphatic rings. The van der Waals surface area contributed by atoms with Crippen molar-refractivity contribution in [3.8, 4) is 5.75 Å². The molecule has 0 unspecified atom stereocenters. The van der Waals surface area contributed by atoms with Gasteiger partial charge in [0.25, 0.3) is 0 Å². The Hall–Kier alpha value is -2.43. The monoisotopic (exact) mass is 261 g/mol. The zero-order chi connectivity index (χ0) is 13.8. The maximum absolute atomic E-state index is 13.4. The van der Waals surface area contributed by atoms with E-state index in [9.17, 15) is 9.18 Å². The van der Waals surface area contributed by atoms with Crippen LogP contribution in [0.3, 0.4) is 0 Å². The number of halogens is 1. The van der Waals surface area contributed by atoms with Crippen LogP contribution < -0.4 is 4.74 Å². The first kappa shape index (κ1) is 13.0. The summed E-state index contributed by atoms with van der Waals surface area (Å²) in [6.07, 6.45) is 1.38. The van der Waals surface area contributed by atoms with Crippen LogP contribution in [-0.4, -0.2) is 16.1 Å². The fourth-order valence-corrected chi connectivity index (χ4v) is 1.56. The Morgan fingerprint density at radius 2 is 2.16 bits per heavy atom. The molecule has 0 radical (unpaired) electrons. The first-order chi connectivity index (χ1) is 9.06. The third kappa shape index (κ3) is 3.28. The number of pyridine rings is 1. The Balaban J connectivity index is 2.12. The highest BCUT2D eigenvalue weighted by atomic mass is 19.1. The van der Waals surface area contributed by atoms with Gasteiger partial charge in [-0.3, -0.25) is 0 Å². The van der Waals surface area contributed by atoms with Gasteiger partial charge in [0.05, 0.1) is 0 Å². The molecule has 1 heterocycles. The maximum atomic E-state index is 13.4. The molecule has 5 heteroatoms. The lowest BCUT2D eigenvalue weighted by atomic mass is 10.2. The van der Waals surface area contributed by atoms with Crippen molar-refractivity contribution in [1.82, 2.24) is 4.98 Å². The van der Waals surface area contributed by atoms with E-state index in [1.807, 2.05) is 6.92 Å². The van der Waals surface area contributed by atoms with E-state index in [0.717, 1.165) is 5.56 Å². The highest BCUT2D eigenvalue weighted by molar-refractivity contribution is 5.85. The van der Waals surface area contributed by atoms with Crippen molar-refractivity contribution in [3.63, 3.8) is 0 Å². The van der Waals surface area contributed by atoms with E-state index in [0.29, 0.717) is 5.56 Å². The second-order valence-corrected chi connectivity index (χ2v) is 4.08. The van der Waals surface area contributed by atoms with Gasteiger partial charge < -0.3 is 9.84 Å². The SMILES string of the molecule is Cc1ccc(F)c(OCc2ccnc(C(=O)O)c2)c1. The molecular weight excluding hydrogens is 249 g/mol. The number of hydrogen-bond donors (Lipinski definition) is 1. The second kappa shape index (κ2) is 5.48. The molecule has 0 saturated heterocycles. The largest absolute Gasteiger partial charge is 0.486 e. The van der Waals surface area contributed by atoms with Crippen LogP contribution in [0.25, 0.3) is 0 Å². The average molecular weight is 261 g/mol. The minimum atomic E-state index is -1.11. The number of benzene rings is 1. The number of hydrogen-bond acceptors (Lipinski definition) is 3. The molecular formula is C14H12FNO3. The van der Waals surface area contributed by atoms with Crippen LogP contribution >= 0.6 is 0 Å². The topological polar surface area (TPSA) is 59.4 Å². The van der Waals surface area contributed by atoms with E-state index in [2.05, 4.69) is 4.98 Å². The van der Waals surface area contributed by atoms with E-state index in [1.165, 1.54) is 18.3 Å². The molecule has 2 rings (SSSR count). The van der Waals surface area contributed by atoms with Gasteiger partial charge in [0.2, 0.25) is 0 Å². The molecule has 0 fully saturated rings. The Labute approximate surface area is 109 Å². The smallest absolute Gasteiger partial charge is 0.354 e. The van der Waals surface area contributed by atoms with Crippen LogP contribution in [-0.2, 0) is 6.61 Å². The minimum absolute atomic E-state index is 0.0641. The number of nitrogens with zero attached hydrogens (tertiary/aromatic N) is 1. The van der Waals surface area contributed by atoms with Gasteiger partial charge in [0.15, 0.2) is 11.6 Å². The summed E-state index contributed by atoms with van der Waals surface area (Å²) in [6, 6.07) is 7.60. The molecule has 0 aliphatic heterocycles. The summed E-state index contributed by atoms with van der Waals surface area (Å²) in [7, 11) is 0. The molecule has 1 aromatic carbocycles. The van der Waals surface area contributed by atoms with Gasteiger partial charge >= 0.3 is 5.97 Å². The molecule has 98 valence electrons. The fraction of sp³-hybridized carbons (Fsp3) is 0.143. The van der Waals surface area contributed by atoms with Crippen LogP contribution in [0.1, 0.15) is 21.6 Å². The zero-order valence-electron chi connectivity index (χ0n) is 10.3. The van der Waals surface area contributed by atoms with E-state index in [4.69, 9.17) is 9.84 Å². The maximum Gasteiger partial charge on any atom is 0.354 e. The Morgan fingerprint density at radius 1 is 1.37 bits per heavy atom. The molecule has 0 atom stereocenters. The average Bonchev–Trinajstić information content (AvgIpc) is 2.40. The fourth-order valence-electron chi connectivity index (χ4n) is 1.56. The normalized spacial score (nSPS) is 10.2. The first-order valence-electron chi connectivity index (χ1n) is 5.63. The standard InChI is InChI=1S/C14H12FNO3/c1-9-2-3-11(15)13(6-9)19-8-10-4-5-16-12(7-10)14(17)18/h2-7H,8H2,1H3,(H,17,18). The summed E-state index contributed by atoms with van der Waals surface area (Å²) < 4.78 is 18.8. The first-order valence-corrected chi connectivity index (χ1v) is 5.63.